The number of fused-ring (bicyclic) bond motifs is 2. The number of rotatable bonds is 11. The molecule has 0 radical (unpaired) electrons. The van der Waals surface area contributed by atoms with Gasteiger partial charge in [0.05, 0.1) is 31.8 Å². The summed E-state index contributed by atoms with van der Waals surface area (Å²) in [5.74, 6) is -0.807. The summed E-state index contributed by atoms with van der Waals surface area (Å²) < 4.78 is 18.9. The van der Waals surface area contributed by atoms with E-state index < -0.39 is 24.3 Å². The third-order valence-corrected chi connectivity index (χ3v) is 12.1. The first-order valence-corrected chi connectivity index (χ1v) is 20.2. The fourth-order valence-electron chi connectivity index (χ4n) is 9.85. The van der Waals surface area contributed by atoms with E-state index in [0.717, 1.165) is 58.5 Å². The Morgan fingerprint density at radius 3 is 2.35 bits per heavy atom. The minimum Gasteiger partial charge on any atom is -0.445 e. The molecule has 2 N–H and O–H groups in total. The summed E-state index contributed by atoms with van der Waals surface area (Å²) >= 11 is 0. The number of nitrogens with zero attached hydrogens (tertiary/aromatic N) is 2. The first-order chi connectivity index (χ1) is 27.4. The maximum absolute atomic E-state index is 13.3. The van der Waals surface area contributed by atoms with Gasteiger partial charge in [-0.2, -0.15) is 0 Å². The molecule has 3 saturated heterocycles. The molecule has 0 aromatic heterocycles. The zero-order chi connectivity index (χ0) is 39.7. The van der Waals surface area contributed by atoms with E-state index in [4.69, 9.17) is 14.2 Å². The predicted octanol–water partition coefficient (Wildman–Crippen LogP) is 7.85. The van der Waals surface area contributed by atoms with Crippen molar-refractivity contribution < 1.29 is 33.7 Å². The van der Waals surface area contributed by atoms with Crippen LogP contribution in [-0.4, -0.2) is 64.1 Å². The number of carbonyl (C=O) groups excluding carboxylic acids is 3. The lowest BCUT2D eigenvalue weighted by Gasteiger charge is -2.41. The number of ether oxygens (including phenoxy) is 3. The summed E-state index contributed by atoms with van der Waals surface area (Å²) in [6, 6.07) is 32.8. The molecule has 3 aliphatic heterocycles. The number of hydrogen-bond donors (Lipinski definition) is 2. The van der Waals surface area contributed by atoms with Crippen LogP contribution in [0, 0.1) is 10.8 Å². The Labute approximate surface area is 335 Å². The monoisotopic (exact) mass is 771 g/mol. The lowest BCUT2D eigenvalue weighted by Crippen LogP contribution is -2.42. The number of alkyl carbamates (subject to hydrolysis) is 1. The highest BCUT2D eigenvalue weighted by Crippen LogP contribution is 2.53. The number of benzene rings is 4. The Bertz CT molecular complexity index is 2090. The fourth-order valence-corrected chi connectivity index (χ4v) is 9.85. The Morgan fingerprint density at radius 2 is 1.58 bits per heavy atom. The predicted molar refractivity (Wildman–Crippen MR) is 215 cm³/mol. The number of aliphatic hydroxyl groups excluding tert-OH is 1. The minimum absolute atomic E-state index is 0.00595. The number of carbonyl (C=O) groups is 3. The van der Waals surface area contributed by atoms with Crippen molar-refractivity contribution in [3.8, 4) is 11.1 Å². The molecule has 0 spiro atoms. The maximum atomic E-state index is 13.3. The van der Waals surface area contributed by atoms with E-state index in [2.05, 4.69) is 49.2 Å². The van der Waals surface area contributed by atoms with Crippen LogP contribution in [-0.2, 0) is 43.6 Å². The van der Waals surface area contributed by atoms with Gasteiger partial charge in [0.15, 0.2) is 6.29 Å². The van der Waals surface area contributed by atoms with Crippen LogP contribution >= 0.6 is 0 Å². The van der Waals surface area contributed by atoms with E-state index >= 15 is 0 Å². The van der Waals surface area contributed by atoms with Gasteiger partial charge < -0.3 is 24.6 Å². The molecule has 4 aromatic carbocycles. The molecule has 1 aliphatic carbocycles. The van der Waals surface area contributed by atoms with Gasteiger partial charge in [0, 0.05) is 31.1 Å². The van der Waals surface area contributed by atoms with Gasteiger partial charge in [-0.25, -0.2) is 4.79 Å². The van der Waals surface area contributed by atoms with E-state index in [1.54, 1.807) is 0 Å². The van der Waals surface area contributed by atoms with Crippen molar-refractivity contribution >= 4 is 17.9 Å². The molecule has 10 heteroatoms. The van der Waals surface area contributed by atoms with Gasteiger partial charge in [-0.15, -0.1) is 0 Å². The second-order valence-electron chi connectivity index (χ2n) is 17.6. The second kappa shape index (κ2) is 16.2. The molecule has 2 bridgehead atoms. The number of hydrogen-bond acceptors (Lipinski definition) is 8. The van der Waals surface area contributed by atoms with Crippen LogP contribution in [0.3, 0.4) is 0 Å². The Balaban J connectivity index is 0.961. The summed E-state index contributed by atoms with van der Waals surface area (Å²) in [5, 5.41) is 12.2. The molecule has 6 atom stereocenters. The van der Waals surface area contributed by atoms with Crippen molar-refractivity contribution in [2.75, 3.05) is 13.1 Å². The van der Waals surface area contributed by atoms with E-state index in [0.29, 0.717) is 16.9 Å². The van der Waals surface area contributed by atoms with E-state index in [-0.39, 0.29) is 44.3 Å². The van der Waals surface area contributed by atoms with Crippen molar-refractivity contribution in [3.63, 3.8) is 0 Å². The van der Waals surface area contributed by atoms with E-state index in [9.17, 15) is 19.5 Å². The Morgan fingerprint density at radius 1 is 0.842 bits per heavy atom. The highest BCUT2D eigenvalue weighted by atomic mass is 16.7. The number of nitrogens with one attached hydrogen (secondary N) is 1. The van der Waals surface area contributed by atoms with Crippen molar-refractivity contribution in [2.45, 2.75) is 103 Å². The summed E-state index contributed by atoms with van der Waals surface area (Å²) in [4.78, 5) is 42.6. The molecule has 1 saturated carbocycles. The second-order valence-corrected chi connectivity index (χ2v) is 17.6. The molecular formula is C47H53N3O7. The first-order valence-electron chi connectivity index (χ1n) is 20.2. The summed E-state index contributed by atoms with van der Waals surface area (Å²) in [5.41, 5.74) is 6.98. The van der Waals surface area contributed by atoms with Gasteiger partial charge in [0.25, 0.3) is 5.91 Å². The van der Waals surface area contributed by atoms with Gasteiger partial charge in [0.2, 0.25) is 5.91 Å². The molecule has 3 heterocycles. The number of likely N-dealkylation sites (tertiary alicyclic amines) is 2. The molecule has 10 nitrogen and oxygen atoms in total. The Kier molecular flexibility index (Phi) is 11.1. The molecule has 4 aliphatic rings. The molecular weight excluding hydrogens is 719 g/mol. The zero-order valence-electron chi connectivity index (χ0n) is 33.1. The number of aliphatic hydroxyl groups is 1. The van der Waals surface area contributed by atoms with Crippen molar-refractivity contribution in [1.29, 1.82) is 0 Å². The van der Waals surface area contributed by atoms with Crippen LogP contribution in [0.4, 0.5) is 4.79 Å². The average Bonchev–Trinajstić information content (AvgIpc) is 3.60. The summed E-state index contributed by atoms with van der Waals surface area (Å²) in [6.07, 6.45) is 2.74. The zero-order valence-corrected chi connectivity index (χ0v) is 33.1. The van der Waals surface area contributed by atoms with Gasteiger partial charge in [-0.3, -0.25) is 19.4 Å². The van der Waals surface area contributed by atoms with Crippen LogP contribution in [0.1, 0.15) is 93.1 Å². The van der Waals surface area contributed by atoms with E-state index in [1.807, 2.05) is 84.9 Å². The standard InChI is InChI=1S/C47H53N3O7/c1-46(2)23-38-24-47(3,29-46)30-49(38)26-39-21-41(34-17-15-31(27-51)16-18-34)57-44(56-39)37-14-8-13-36(20-37)35-12-7-11-33(19-35)25-50-42(52)22-40(43(50)53)48-45(54)55-28-32-9-5-4-6-10-32/h4-20,38-41,44,51H,21-30H2,1-3H3,(H,48,54)/t38?,39-,40?,41+,44+,47?/m0/s1. The highest BCUT2D eigenvalue weighted by Gasteiger charge is 2.50. The first kappa shape index (κ1) is 39.0. The summed E-state index contributed by atoms with van der Waals surface area (Å²) in [7, 11) is 0. The molecule has 57 heavy (non-hydrogen) atoms. The highest BCUT2D eigenvalue weighted by molar-refractivity contribution is 6.06. The van der Waals surface area contributed by atoms with Crippen molar-refractivity contribution in [3.05, 3.63) is 131 Å². The topological polar surface area (TPSA) is 118 Å². The smallest absolute Gasteiger partial charge is 0.408 e. The molecule has 8 rings (SSSR count). The normalized spacial score (nSPS) is 27.1. The van der Waals surface area contributed by atoms with Gasteiger partial charge >= 0.3 is 6.09 Å². The third-order valence-electron chi connectivity index (χ3n) is 12.1. The third kappa shape index (κ3) is 9.00. The molecule has 4 aromatic rings. The van der Waals surface area contributed by atoms with Crippen LogP contribution in [0.2, 0.25) is 0 Å². The van der Waals surface area contributed by atoms with Crippen molar-refractivity contribution in [2.24, 2.45) is 10.8 Å². The lowest BCUT2D eigenvalue weighted by molar-refractivity contribution is -0.253. The molecule has 298 valence electrons. The fraction of sp³-hybridized carbons (Fsp3) is 0.426. The molecule has 4 fully saturated rings. The lowest BCUT2D eigenvalue weighted by atomic mass is 9.65. The van der Waals surface area contributed by atoms with Crippen LogP contribution in [0.25, 0.3) is 11.1 Å². The Hall–Kier alpha value is -4.87. The summed E-state index contributed by atoms with van der Waals surface area (Å²) in [6.45, 7) is 9.34. The largest absolute Gasteiger partial charge is 0.445 e. The quantitative estimate of drug-likeness (QED) is 0.148. The van der Waals surface area contributed by atoms with Gasteiger partial charge in [-0.05, 0) is 75.6 Å². The maximum Gasteiger partial charge on any atom is 0.408 e. The molecule has 3 amide bonds. The van der Waals surface area contributed by atoms with E-state index in [1.165, 1.54) is 24.2 Å². The molecule has 3 unspecified atom stereocenters. The van der Waals surface area contributed by atoms with Gasteiger partial charge in [-0.1, -0.05) is 112 Å². The minimum atomic E-state index is -0.976. The van der Waals surface area contributed by atoms with Crippen LogP contribution in [0.5, 0.6) is 0 Å². The van der Waals surface area contributed by atoms with Gasteiger partial charge in [0.1, 0.15) is 12.6 Å². The average molecular weight is 772 g/mol. The van der Waals surface area contributed by atoms with Crippen LogP contribution < -0.4 is 5.32 Å². The number of amides is 3. The number of imide groups is 1. The SMILES string of the molecule is CC1(C)CC2CC(C)(CN2C[C@@H]2C[C@H](c3ccc(CO)cc3)O[C@H](c3cccc(-c4cccc(CN5C(=O)CC(NC(=O)OCc6ccccc6)C5=O)c4)c3)O2)C1. The van der Waals surface area contributed by atoms with Crippen molar-refractivity contribution in [1.82, 2.24) is 15.1 Å². The van der Waals surface area contributed by atoms with Crippen LogP contribution in [0.15, 0.2) is 103 Å².